The van der Waals surface area contributed by atoms with E-state index in [2.05, 4.69) is 12.2 Å². The Morgan fingerprint density at radius 2 is 1.62 bits per heavy atom. The second kappa shape index (κ2) is 11.5. The van der Waals surface area contributed by atoms with Gasteiger partial charge in [-0.2, -0.15) is 0 Å². The number of nitrogens with one attached hydrogen (secondary N) is 1. The van der Waals surface area contributed by atoms with Crippen molar-refractivity contribution < 1.29 is 19.8 Å². The van der Waals surface area contributed by atoms with Crippen LogP contribution in [0.25, 0.3) is 0 Å². The highest BCUT2D eigenvalue weighted by Crippen LogP contribution is 2.10. The van der Waals surface area contributed by atoms with Gasteiger partial charge in [-0.25, -0.2) is 4.79 Å². The molecule has 0 radical (unpaired) electrons. The number of carboxylic acid groups (broad SMARTS) is 1. The maximum absolute atomic E-state index is 11.7. The molecule has 21 heavy (non-hydrogen) atoms. The van der Waals surface area contributed by atoms with Crippen molar-refractivity contribution in [2.45, 2.75) is 84.3 Å². The minimum atomic E-state index is -1.13. The van der Waals surface area contributed by atoms with Crippen molar-refractivity contribution in [2.75, 3.05) is 0 Å². The number of unbranched alkanes of at least 4 members (excludes halogenated alkanes) is 5. The van der Waals surface area contributed by atoms with E-state index in [-0.39, 0.29) is 5.92 Å². The molecule has 0 heterocycles. The highest BCUT2D eigenvalue weighted by atomic mass is 16.4. The first-order valence-electron chi connectivity index (χ1n) is 8.09. The minimum absolute atomic E-state index is 0.188. The lowest BCUT2D eigenvalue weighted by Crippen LogP contribution is -2.45. The molecule has 0 aromatic rings. The molecule has 0 aromatic heterocycles. The summed E-state index contributed by atoms with van der Waals surface area (Å²) in [6.07, 6.45) is 6.06. The summed E-state index contributed by atoms with van der Waals surface area (Å²) in [5.74, 6) is -1.43. The number of aliphatic hydroxyl groups is 1. The van der Waals surface area contributed by atoms with Crippen molar-refractivity contribution in [1.82, 2.24) is 5.32 Å². The first kappa shape index (κ1) is 19.9. The third-order valence-corrected chi connectivity index (χ3v) is 3.46. The highest BCUT2D eigenvalue weighted by Gasteiger charge is 2.23. The lowest BCUT2D eigenvalue weighted by molar-refractivity contribution is -0.143. The molecule has 0 bridgehead atoms. The first-order valence-corrected chi connectivity index (χ1v) is 8.09. The predicted molar refractivity (Wildman–Crippen MR) is 83.0 cm³/mol. The van der Waals surface area contributed by atoms with Gasteiger partial charge in [0.2, 0.25) is 5.91 Å². The zero-order valence-corrected chi connectivity index (χ0v) is 13.6. The van der Waals surface area contributed by atoms with E-state index in [1.54, 1.807) is 0 Å². The molecule has 0 aliphatic rings. The second-order valence-corrected chi connectivity index (χ2v) is 6.10. The summed E-state index contributed by atoms with van der Waals surface area (Å²) < 4.78 is 0. The monoisotopic (exact) mass is 301 g/mol. The lowest BCUT2D eigenvalue weighted by Gasteiger charge is -2.18. The van der Waals surface area contributed by atoms with Crippen molar-refractivity contribution in [3.8, 4) is 0 Å². The van der Waals surface area contributed by atoms with Crippen LogP contribution >= 0.6 is 0 Å². The summed E-state index contributed by atoms with van der Waals surface area (Å²) in [6.45, 7) is 5.96. The molecule has 0 rings (SSSR count). The molecule has 2 atom stereocenters. The Morgan fingerprint density at radius 1 is 1.05 bits per heavy atom. The molecule has 0 aromatic carbocycles. The van der Waals surface area contributed by atoms with E-state index in [4.69, 9.17) is 5.11 Å². The van der Waals surface area contributed by atoms with Crippen LogP contribution in [0.1, 0.15) is 72.1 Å². The zero-order valence-electron chi connectivity index (χ0n) is 13.6. The molecule has 5 heteroatoms. The van der Waals surface area contributed by atoms with Crippen LogP contribution in [0, 0.1) is 5.92 Å². The second-order valence-electron chi connectivity index (χ2n) is 6.10. The van der Waals surface area contributed by atoms with Gasteiger partial charge in [-0.3, -0.25) is 4.79 Å². The number of rotatable bonds is 12. The van der Waals surface area contributed by atoms with Crippen LogP contribution in [0.15, 0.2) is 0 Å². The molecular formula is C16H31NO4. The summed E-state index contributed by atoms with van der Waals surface area (Å²) in [5.41, 5.74) is 0. The van der Waals surface area contributed by atoms with E-state index in [1.165, 1.54) is 19.3 Å². The SMILES string of the molecule is CCCCCCCC[C@@H](NC(=O)[C@@H](O)CC(C)C)C(=O)O. The molecule has 0 aliphatic carbocycles. The third-order valence-electron chi connectivity index (χ3n) is 3.46. The number of hydrogen-bond donors (Lipinski definition) is 3. The van der Waals surface area contributed by atoms with Crippen LogP contribution in [0.2, 0.25) is 0 Å². The summed E-state index contributed by atoms with van der Waals surface area (Å²) in [4.78, 5) is 22.9. The van der Waals surface area contributed by atoms with Crippen LogP contribution in [0.4, 0.5) is 0 Å². The molecule has 0 saturated carbocycles. The first-order chi connectivity index (χ1) is 9.88. The Hall–Kier alpha value is -1.10. The molecule has 0 spiro atoms. The molecule has 3 N–H and O–H groups in total. The van der Waals surface area contributed by atoms with Crippen LogP contribution in [-0.2, 0) is 9.59 Å². The molecule has 0 aliphatic heterocycles. The van der Waals surface area contributed by atoms with Gasteiger partial charge in [0.05, 0.1) is 0 Å². The standard InChI is InChI=1S/C16H31NO4/c1-4-5-6-7-8-9-10-13(16(20)21)17-15(19)14(18)11-12(2)3/h12-14,18H,4-11H2,1-3H3,(H,17,19)(H,20,21)/t13-,14+/m1/s1. The summed E-state index contributed by atoms with van der Waals surface area (Å²) >= 11 is 0. The Kier molecular flexibility index (Phi) is 10.9. The van der Waals surface area contributed by atoms with E-state index < -0.39 is 24.0 Å². The molecule has 124 valence electrons. The van der Waals surface area contributed by atoms with Gasteiger partial charge in [-0.1, -0.05) is 59.3 Å². The minimum Gasteiger partial charge on any atom is -0.480 e. The van der Waals surface area contributed by atoms with Gasteiger partial charge in [0.25, 0.3) is 0 Å². The molecule has 1 amide bonds. The zero-order chi connectivity index (χ0) is 16.3. The van der Waals surface area contributed by atoms with Crippen molar-refractivity contribution >= 4 is 11.9 Å². The molecule has 0 fully saturated rings. The normalized spacial score (nSPS) is 14.0. The molecule has 5 nitrogen and oxygen atoms in total. The van der Waals surface area contributed by atoms with E-state index in [1.807, 2.05) is 13.8 Å². The number of aliphatic carboxylic acids is 1. The van der Waals surface area contributed by atoms with Gasteiger partial charge in [-0.15, -0.1) is 0 Å². The highest BCUT2D eigenvalue weighted by molar-refractivity contribution is 5.86. The Bertz CT molecular complexity index is 305. The van der Waals surface area contributed by atoms with Crippen LogP contribution < -0.4 is 5.32 Å². The smallest absolute Gasteiger partial charge is 0.326 e. The van der Waals surface area contributed by atoms with E-state index in [9.17, 15) is 14.7 Å². The fourth-order valence-corrected chi connectivity index (χ4v) is 2.21. The van der Waals surface area contributed by atoms with Crippen LogP contribution in [0.5, 0.6) is 0 Å². The lowest BCUT2D eigenvalue weighted by atomic mass is 10.0. The Balaban J connectivity index is 4.07. The number of carbonyl (C=O) groups excluding carboxylic acids is 1. The summed E-state index contributed by atoms with van der Waals surface area (Å²) in [5, 5.41) is 21.2. The van der Waals surface area contributed by atoms with Gasteiger partial charge in [0, 0.05) is 0 Å². The average Bonchev–Trinajstić information content (AvgIpc) is 2.39. The van der Waals surface area contributed by atoms with E-state index in [0.717, 1.165) is 19.3 Å². The Labute approximate surface area is 128 Å². The van der Waals surface area contributed by atoms with Crippen LogP contribution in [-0.4, -0.2) is 34.2 Å². The van der Waals surface area contributed by atoms with Crippen molar-refractivity contribution in [1.29, 1.82) is 0 Å². The number of carbonyl (C=O) groups is 2. The van der Waals surface area contributed by atoms with Crippen molar-refractivity contribution in [2.24, 2.45) is 5.92 Å². The molecular weight excluding hydrogens is 270 g/mol. The number of aliphatic hydroxyl groups excluding tert-OH is 1. The third kappa shape index (κ3) is 10.3. The van der Waals surface area contributed by atoms with Crippen molar-refractivity contribution in [3.05, 3.63) is 0 Å². The van der Waals surface area contributed by atoms with E-state index >= 15 is 0 Å². The molecule has 0 saturated heterocycles. The summed E-state index contributed by atoms with van der Waals surface area (Å²) in [7, 11) is 0. The number of hydrogen-bond acceptors (Lipinski definition) is 3. The summed E-state index contributed by atoms with van der Waals surface area (Å²) in [6, 6.07) is -0.898. The van der Waals surface area contributed by atoms with Crippen LogP contribution in [0.3, 0.4) is 0 Å². The quantitative estimate of drug-likeness (QED) is 0.484. The van der Waals surface area contributed by atoms with Crippen molar-refractivity contribution in [3.63, 3.8) is 0 Å². The van der Waals surface area contributed by atoms with Gasteiger partial charge in [0.1, 0.15) is 12.1 Å². The van der Waals surface area contributed by atoms with E-state index in [0.29, 0.717) is 12.8 Å². The maximum atomic E-state index is 11.7. The topological polar surface area (TPSA) is 86.6 Å². The van der Waals surface area contributed by atoms with Gasteiger partial charge in [-0.05, 0) is 18.8 Å². The number of carboxylic acids is 1. The van der Waals surface area contributed by atoms with Gasteiger partial charge < -0.3 is 15.5 Å². The maximum Gasteiger partial charge on any atom is 0.326 e. The average molecular weight is 301 g/mol. The van der Waals surface area contributed by atoms with Gasteiger partial charge in [0.15, 0.2) is 0 Å². The predicted octanol–water partition coefficient (Wildman–Crippen LogP) is 2.71. The van der Waals surface area contributed by atoms with Gasteiger partial charge >= 0.3 is 5.97 Å². The number of amides is 1. The molecule has 0 unspecified atom stereocenters. The fraction of sp³-hybridized carbons (Fsp3) is 0.875. The Morgan fingerprint density at radius 3 is 2.14 bits per heavy atom. The largest absolute Gasteiger partial charge is 0.480 e. The fourth-order valence-electron chi connectivity index (χ4n) is 2.21.